The highest BCUT2D eigenvalue weighted by molar-refractivity contribution is 5.40. The Morgan fingerprint density at radius 2 is 2.14 bits per heavy atom. The highest BCUT2D eigenvalue weighted by Crippen LogP contribution is 1.96. The lowest BCUT2D eigenvalue weighted by Gasteiger charge is -1.93. The molecule has 1 rings (SSSR count). The van der Waals surface area contributed by atoms with Crippen molar-refractivity contribution in [2.24, 2.45) is 0 Å². The molecule has 0 nitrogen and oxygen atoms in total. The van der Waals surface area contributed by atoms with Crippen molar-refractivity contribution in [2.75, 3.05) is 0 Å². The molecule has 0 aliphatic rings. The lowest BCUT2D eigenvalue weighted by atomic mass is 10.1. The van der Waals surface area contributed by atoms with Gasteiger partial charge >= 0.3 is 0 Å². The van der Waals surface area contributed by atoms with Gasteiger partial charge in [-0.2, -0.15) is 0 Å². The first-order chi connectivity index (χ1) is 6.63. The quantitative estimate of drug-likeness (QED) is 0.666. The molecular weight excluding hydrogens is 168 g/mol. The number of benzene rings is 1. The van der Waals surface area contributed by atoms with Gasteiger partial charge in [-0.05, 0) is 30.7 Å². The van der Waals surface area contributed by atoms with Crippen molar-refractivity contribution < 1.29 is 0 Å². The van der Waals surface area contributed by atoms with E-state index in [4.69, 9.17) is 0 Å². The van der Waals surface area contributed by atoms with Gasteiger partial charge in [0, 0.05) is 0 Å². The van der Waals surface area contributed by atoms with E-state index in [1.54, 1.807) is 0 Å². The van der Waals surface area contributed by atoms with Crippen molar-refractivity contribution in [3.8, 4) is 0 Å². The van der Waals surface area contributed by atoms with E-state index in [9.17, 15) is 0 Å². The van der Waals surface area contributed by atoms with Crippen molar-refractivity contribution in [2.45, 2.75) is 27.2 Å². The van der Waals surface area contributed by atoms with E-state index >= 15 is 0 Å². The van der Waals surface area contributed by atoms with Crippen molar-refractivity contribution in [1.29, 1.82) is 0 Å². The summed E-state index contributed by atoms with van der Waals surface area (Å²) in [5.41, 5.74) is 2.66. The maximum atomic E-state index is 4.02. The summed E-state index contributed by atoms with van der Waals surface area (Å²) in [5, 5.41) is 2.31. The van der Waals surface area contributed by atoms with Crippen molar-refractivity contribution in [3.63, 3.8) is 0 Å². The maximum Gasteiger partial charge on any atom is -0.0190 e. The Balaban J connectivity index is 3.14. The van der Waals surface area contributed by atoms with Crippen LogP contribution in [0.25, 0.3) is 12.7 Å². The van der Waals surface area contributed by atoms with E-state index in [0.29, 0.717) is 0 Å². The third-order valence-corrected chi connectivity index (χ3v) is 2.40. The molecule has 74 valence electrons. The first-order valence-corrected chi connectivity index (χ1v) is 5.06. The van der Waals surface area contributed by atoms with E-state index in [1.165, 1.54) is 16.4 Å². The molecule has 0 heterocycles. The standard InChI is InChI=1S/C14H18/c1-5-11(2)6-8-14-9-7-12(3)10-13(14)4/h6-10H,4-5H2,1-3H3. The zero-order valence-electron chi connectivity index (χ0n) is 9.30. The van der Waals surface area contributed by atoms with E-state index in [2.05, 4.69) is 57.7 Å². The van der Waals surface area contributed by atoms with E-state index in [-0.39, 0.29) is 0 Å². The third-order valence-electron chi connectivity index (χ3n) is 2.40. The zero-order chi connectivity index (χ0) is 10.6. The summed E-state index contributed by atoms with van der Waals surface area (Å²) in [5.74, 6) is 0. The third kappa shape index (κ3) is 2.88. The van der Waals surface area contributed by atoms with Crippen LogP contribution >= 0.6 is 0 Å². The van der Waals surface area contributed by atoms with E-state index in [0.717, 1.165) is 11.6 Å². The lowest BCUT2D eigenvalue weighted by Crippen LogP contribution is -2.22. The van der Waals surface area contributed by atoms with Crippen LogP contribution in [0.3, 0.4) is 0 Å². The molecule has 0 aliphatic heterocycles. The Morgan fingerprint density at radius 1 is 1.43 bits per heavy atom. The minimum absolute atomic E-state index is 1.10. The van der Waals surface area contributed by atoms with Crippen LogP contribution in [0, 0.1) is 6.92 Å². The minimum atomic E-state index is 1.10. The van der Waals surface area contributed by atoms with Crippen LogP contribution < -0.4 is 10.4 Å². The fourth-order valence-electron chi connectivity index (χ4n) is 1.25. The van der Waals surface area contributed by atoms with Gasteiger partial charge in [-0.25, -0.2) is 0 Å². The van der Waals surface area contributed by atoms with Crippen LogP contribution in [-0.4, -0.2) is 0 Å². The molecule has 0 aliphatic carbocycles. The summed E-state index contributed by atoms with van der Waals surface area (Å²) in [6.07, 6.45) is 5.41. The average Bonchev–Trinajstić information content (AvgIpc) is 2.16. The predicted octanol–water partition coefficient (Wildman–Crippen LogP) is 2.54. The SMILES string of the molecule is C=c1cc(C)ccc1=CC=C(C)CC. The summed E-state index contributed by atoms with van der Waals surface area (Å²) in [6.45, 7) is 10.4. The number of hydrogen-bond acceptors (Lipinski definition) is 0. The van der Waals surface area contributed by atoms with Gasteiger partial charge in [0.25, 0.3) is 0 Å². The highest BCUT2D eigenvalue weighted by atomic mass is 13.9. The highest BCUT2D eigenvalue weighted by Gasteiger charge is 1.84. The van der Waals surface area contributed by atoms with Crippen molar-refractivity contribution >= 4 is 12.7 Å². The van der Waals surface area contributed by atoms with Gasteiger partial charge in [0.2, 0.25) is 0 Å². The maximum absolute atomic E-state index is 4.02. The number of hydrogen-bond donors (Lipinski definition) is 0. The van der Waals surface area contributed by atoms with Crippen LogP contribution in [-0.2, 0) is 0 Å². The monoisotopic (exact) mass is 186 g/mol. The fraction of sp³-hybridized carbons (Fsp3) is 0.286. The predicted molar refractivity (Wildman–Crippen MR) is 64.5 cm³/mol. The summed E-state index contributed by atoms with van der Waals surface area (Å²) < 4.78 is 0. The summed E-state index contributed by atoms with van der Waals surface area (Å²) in [6, 6.07) is 6.35. The Labute approximate surface area is 86.3 Å². The van der Waals surface area contributed by atoms with Crippen LogP contribution in [0.5, 0.6) is 0 Å². The van der Waals surface area contributed by atoms with Gasteiger partial charge in [-0.15, -0.1) is 0 Å². The first-order valence-electron chi connectivity index (χ1n) is 5.06. The molecule has 1 aromatic rings. The summed E-state index contributed by atoms with van der Waals surface area (Å²) in [7, 11) is 0. The second-order valence-corrected chi connectivity index (χ2v) is 3.74. The van der Waals surface area contributed by atoms with Gasteiger partial charge in [-0.3, -0.25) is 0 Å². The Hall–Kier alpha value is -1.30. The van der Waals surface area contributed by atoms with Crippen LogP contribution in [0.4, 0.5) is 0 Å². The van der Waals surface area contributed by atoms with Crippen LogP contribution in [0.15, 0.2) is 29.8 Å². The first kappa shape index (κ1) is 10.8. The van der Waals surface area contributed by atoms with E-state index in [1.807, 2.05) is 0 Å². The smallest absolute Gasteiger partial charge is 0.0190 e. The molecular formula is C14H18. The average molecular weight is 186 g/mol. The normalized spacial score (nSPS) is 13.4. The summed E-state index contributed by atoms with van der Waals surface area (Å²) in [4.78, 5) is 0. The van der Waals surface area contributed by atoms with Gasteiger partial charge in [-0.1, -0.05) is 55.0 Å². The molecule has 0 fully saturated rings. The fourth-order valence-corrected chi connectivity index (χ4v) is 1.25. The number of aryl methyl sites for hydroxylation is 1. The zero-order valence-corrected chi connectivity index (χ0v) is 9.30. The topological polar surface area (TPSA) is 0 Å². The molecule has 0 saturated heterocycles. The minimum Gasteiger partial charge on any atom is -0.0912 e. The van der Waals surface area contributed by atoms with Gasteiger partial charge in [0.1, 0.15) is 0 Å². The molecule has 0 radical (unpaired) electrons. The van der Waals surface area contributed by atoms with Gasteiger partial charge in [0.15, 0.2) is 0 Å². The molecule has 0 spiro atoms. The molecule has 0 heteroatoms. The Kier molecular flexibility index (Phi) is 3.70. The lowest BCUT2D eigenvalue weighted by molar-refractivity contribution is 1.10. The van der Waals surface area contributed by atoms with Crippen molar-refractivity contribution in [1.82, 2.24) is 0 Å². The molecule has 0 N–H and O–H groups in total. The van der Waals surface area contributed by atoms with Gasteiger partial charge < -0.3 is 0 Å². The van der Waals surface area contributed by atoms with Crippen LogP contribution in [0.1, 0.15) is 25.8 Å². The molecule has 0 amide bonds. The van der Waals surface area contributed by atoms with Gasteiger partial charge in [0.05, 0.1) is 0 Å². The number of rotatable bonds is 2. The van der Waals surface area contributed by atoms with Crippen LogP contribution in [0.2, 0.25) is 0 Å². The molecule has 0 saturated carbocycles. The van der Waals surface area contributed by atoms with E-state index < -0.39 is 0 Å². The molecule has 0 unspecified atom stereocenters. The molecule has 0 aromatic heterocycles. The molecule has 1 aromatic carbocycles. The molecule has 14 heavy (non-hydrogen) atoms. The second kappa shape index (κ2) is 4.80. The summed E-state index contributed by atoms with van der Waals surface area (Å²) >= 11 is 0. The largest absolute Gasteiger partial charge is 0.0912 e. The Morgan fingerprint density at radius 3 is 2.71 bits per heavy atom. The number of allylic oxidation sites excluding steroid dienone is 2. The molecule has 0 bridgehead atoms. The second-order valence-electron chi connectivity index (χ2n) is 3.74. The Bertz CT molecular complexity index is 436. The molecule has 0 atom stereocenters. The van der Waals surface area contributed by atoms with Crippen molar-refractivity contribution in [3.05, 3.63) is 45.8 Å².